The summed E-state index contributed by atoms with van der Waals surface area (Å²) >= 11 is 6.01. The highest BCUT2D eigenvalue weighted by molar-refractivity contribution is 6.30. The zero-order valence-electron chi connectivity index (χ0n) is 17.6. The molecule has 0 unspecified atom stereocenters. The summed E-state index contributed by atoms with van der Waals surface area (Å²) in [4.78, 5) is 19.8. The average Bonchev–Trinajstić information content (AvgIpc) is 2.77. The topological polar surface area (TPSA) is 26.8 Å². The number of urea groups is 1. The predicted molar refractivity (Wildman–Crippen MR) is 122 cm³/mol. The lowest BCUT2D eigenvalue weighted by molar-refractivity contribution is 0.0529. The largest absolute Gasteiger partial charge is 0.325 e. The van der Waals surface area contributed by atoms with E-state index >= 15 is 0 Å². The van der Waals surface area contributed by atoms with Crippen molar-refractivity contribution in [1.29, 1.82) is 0 Å². The summed E-state index contributed by atoms with van der Waals surface area (Å²) in [6, 6.07) is 18.4. The quantitative estimate of drug-likeness (QED) is 0.610. The highest BCUT2D eigenvalue weighted by atomic mass is 35.5. The summed E-state index contributed by atoms with van der Waals surface area (Å²) in [7, 11) is 0. The summed E-state index contributed by atoms with van der Waals surface area (Å²) in [5.74, 6) is 0. The highest BCUT2D eigenvalue weighted by Gasteiger charge is 2.43. The van der Waals surface area contributed by atoms with Gasteiger partial charge in [0.05, 0.1) is 12.1 Å². The maximum absolute atomic E-state index is 13.4. The first kappa shape index (κ1) is 21.0. The molecule has 0 saturated carbocycles. The zero-order valence-corrected chi connectivity index (χ0v) is 18.4. The third-order valence-electron chi connectivity index (χ3n) is 6.26. The van der Waals surface area contributed by atoms with E-state index in [4.69, 9.17) is 11.6 Å². The van der Waals surface area contributed by atoms with E-state index in [9.17, 15) is 4.79 Å². The molecule has 2 heterocycles. The summed E-state index contributed by atoms with van der Waals surface area (Å²) in [5.41, 5.74) is 2.28. The molecular weight excluding hydrogens is 394 g/mol. The number of benzene rings is 2. The molecule has 1 fully saturated rings. The van der Waals surface area contributed by atoms with Crippen LogP contribution in [0, 0.1) is 0 Å². The Labute approximate surface area is 184 Å². The molecule has 2 amide bonds. The van der Waals surface area contributed by atoms with Gasteiger partial charge in [-0.2, -0.15) is 0 Å². The fourth-order valence-electron chi connectivity index (χ4n) is 4.55. The summed E-state index contributed by atoms with van der Waals surface area (Å²) in [6.45, 7) is 6.47. The van der Waals surface area contributed by atoms with Gasteiger partial charge in [-0.25, -0.2) is 4.79 Å². The second-order valence-corrected chi connectivity index (χ2v) is 8.81. The Balaban J connectivity index is 1.45. The molecule has 0 radical (unpaired) electrons. The van der Waals surface area contributed by atoms with Crippen molar-refractivity contribution >= 4 is 17.6 Å². The lowest BCUT2D eigenvalue weighted by atomic mass is 9.84. The van der Waals surface area contributed by atoms with Gasteiger partial charge in [0.2, 0.25) is 0 Å². The first-order chi connectivity index (χ1) is 14.6. The lowest BCUT2D eigenvalue weighted by Gasteiger charge is -2.50. The zero-order chi connectivity index (χ0) is 21.0. The highest BCUT2D eigenvalue weighted by Crippen LogP contribution is 2.35. The van der Waals surface area contributed by atoms with E-state index in [0.29, 0.717) is 6.54 Å². The Morgan fingerprint density at radius 3 is 2.27 bits per heavy atom. The Hall–Kier alpha value is -2.30. The lowest BCUT2D eigenvalue weighted by Crippen LogP contribution is -2.61. The third-order valence-corrected chi connectivity index (χ3v) is 6.52. The number of amides is 2. The maximum atomic E-state index is 13.4. The second-order valence-electron chi connectivity index (χ2n) is 8.37. The Kier molecular flexibility index (Phi) is 6.45. The van der Waals surface area contributed by atoms with Crippen molar-refractivity contribution < 1.29 is 4.79 Å². The molecule has 1 saturated heterocycles. The van der Waals surface area contributed by atoms with Crippen LogP contribution in [-0.4, -0.2) is 45.9 Å². The van der Waals surface area contributed by atoms with E-state index in [1.807, 2.05) is 41.4 Å². The minimum atomic E-state index is -0.156. The maximum Gasteiger partial charge on any atom is 0.325 e. The summed E-state index contributed by atoms with van der Waals surface area (Å²) in [5, 5.41) is 0.775. The Bertz CT molecular complexity index is 873. The predicted octanol–water partition coefficient (Wildman–Crippen LogP) is 5.54. The van der Waals surface area contributed by atoms with Crippen LogP contribution in [0.3, 0.4) is 0 Å². The van der Waals surface area contributed by atoms with Gasteiger partial charge in [-0.15, -0.1) is 0 Å². The van der Waals surface area contributed by atoms with Crippen molar-refractivity contribution in [3.8, 4) is 0 Å². The molecule has 158 valence electrons. The SMILES string of the molecule is CCCN1C(=O)N(Cc2ccccc2)C=CC12CCN(Cc1ccc(Cl)cc1)CC2. The van der Waals surface area contributed by atoms with Crippen LogP contribution in [0.25, 0.3) is 0 Å². The van der Waals surface area contributed by atoms with Crippen LogP contribution in [-0.2, 0) is 13.1 Å². The molecule has 0 aliphatic carbocycles. The number of nitrogens with zero attached hydrogens (tertiary/aromatic N) is 3. The van der Waals surface area contributed by atoms with Crippen LogP contribution in [0.15, 0.2) is 66.9 Å². The molecule has 2 aliphatic heterocycles. The number of carbonyl (C=O) groups excluding carboxylic acids is 1. The average molecular weight is 424 g/mol. The summed E-state index contributed by atoms with van der Waals surface area (Å²) < 4.78 is 0. The van der Waals surface area contributed by atoms with Gasteiger partial charge in [0.1, 0.15) is 0 Å². The number of hydrogen-bond donors (Lipinski definition) is 0. The number of likely N-dealkylation sites (tertiary alicyclic amines) is 1. The molecular formula is C25H30ClN3O. The van der Waals surface area contributed by atoms with Crippen molar-refractivity contribution in [2.75, 3.05) is 19.6 Å². The van der Waals surface area contributed by atoms with Crippen LogP contribution in [0.5, 0.6) is 0 Å². The standard InChI is InChI=1S/C25H30ClN3O/c1-2-15-29-24(30)28(20-21-6-4-3-5-7-21)18-14-25(29)12-16-27(17-13-25)19-22-8-10-23(26)11-9-22/h3-11,14,18H,2,12-13,15-17,19-20H2,1H3. The molecule has 1 spiro atoms. The third kappa shape index (κ3) is 4.55. The number of carbonyl (C=O) groups is 1. The van der Waals surface area contributed by atoms with E-state index < -0.39 is 0 Å². The number of hydrogen-bond acceptors (Lipinski definition) is 2. The molecule has 5 heteroatoms. The minimum absolute atomic E-state index is 0.134. The van der Waals surface area contributed by atoms with E-state index in [-0.39, 0.29) is 11.6 Å². The normalized spacial score (nSPS) is 18.9. The van der Waals surface area contributed by atoms with Crippen LogP contribution < -0.4 is 0 Å². The summed E-state index contributed by atoms with van der Waals surface area (Å²) in [6.07, 6.45) is 7.22. The molecule has 2 aromatic carbocycles. The van der Waals surface area contributed by atoms with Crippen LogP contribution in [0.1, 0.15) is 37.3 Å². The first-order valence-corrected chi connectivity index (χ1v) is 11.3. The van der Waals surface area contributed by atoms with Crippen molar-refractivity contribution in [2.24, 2.45) is 0 Å². The van der Waals surface area contributed by atoms with Crippen molar-refractivity contribution in [2.45, 2.75) is 44.8 Å². The van der Waals surface area contributed by atoms with Crippen LogP contribution in [0.2, 0.25) is 5.02 Å². The molecule has 0 aromatic heterocycles. The van der Waals surface area contributed by atoms with Gasteiger partial charge < -0.3 is 4.90 Å². The molecule has 2 aliphatic rings. The van der Waals surface area contributed by atoms with Gasteiger partial charge in [-0.1, -0.05) is 61.0 Å². The molecule has 2 aromatic rings. The van der Waals surface area contributed by atoms with Gasteiger partial charge in [0, 0.05) is 37.4 Å². The minimum Gasteiger partial charge on any atom is -0.315 e. The van der Waals surface area contributed by atoms with E-state index in [1.54, 1.807) is 0 Å². The van der Waals surface area contributed by atoms with Crippen molar-refractivity contribution in [3.63, 3.8) is 0 Å². The smallest absolute Gasteiger partial charge is 0.315 e. The molecule has 4 rings (SSSR count). The van der Waals surface area contributed by atoms with Crippen molar-refractivity contribution in [1.82, 2.24) is 14.7 Å². The van der Waals surface area contributed by atoms with Crippen LogP contribution in [0.4, 0.5) is 4.79 Å². The number of halogens is 1. The van der Waals surface area contributed by atoms with Gasteiger partial charge in [-0.05, 0) is 48.6 Å². The van der Waals surface area contributed by atoms with Gasteiger partial charge in [0.25, 0.3) is 0 Å². The Morgan fingerprint density at radius 2 is 1.60 bits per heavy atom. The Morgan fingerprint density at radius 1 is 0.933 bits per heavy atom. The molecule has 30 heavy (non-hydrogen) atoms. The molecule has 0 bridgehead atoms. The molecule has 4 nitrogen and oxygen atoms in total. The number of rotatable bonds is 6. The van der Waals surface area contributed by atoms with E-state index in [1.165, 1.54) is 5.56 Å². The van der Waals surface area contributed by atoms with E-state index in [2.05, 4.69) is 47.1 Å². The fourth-order valence-corrected chi connectivity index (χ4v) is 4.68. The van der Waals surface area contributed by atoms with Crippen LogP contribution >= 0.6 is 11.6 Å². The van der Waals surface area contributed by atoms with Gasteiger partial charge in [-0.3, -0.25) is 9.80 Å². The molecule has 0 atom stereocenters. The fraction of sp³-hybridized carbons (Fsp3) is 0.400. The van der Waals surface area contributed by atoms with Crippen molar-refractivity contribution in [3.05, 3.63) is 83.0 Å². The second kappa shape index (κ2) is 9.23. The van der Waals surface area contributed by atoms with E-state index in [0.717, 1.165) is 56.0 Å². The monoisotopic (exact) mass is 423 g/mol. The number of piperidine rings is 1. The first-order valence-electron chi connectivity index (χ1n) is 10.9. The van der Waals surface area contributed by atoms with Gasteiger partial charge in [0.15, 0.2) is 0 Å². The van der Waals surface area contributed by atoms with Gasteiger partial charge >= 0.3 is 6.03 Å². The molecule has 0 N–H and O–H groups in total.